The molecule has 0 saturated carbocycles. The Hall–Kier alpha value is -3.88. The molecule has 0 bridgehead atoms. The number of hydrogen-bond acceptors (Lipinski definition) is 10. The Balaban J connectivity index is 1.22. The van der Waals surface area contributed by atoms with E-state index >= 15 is 0 Å². The monoisotopic (exact) mass is 559 g/mol. The van der Waals surface area contributed by atoms with Gasteiger partial charge in [0.1, 0.15) is 28.0 Å². The number of nitrogens with two attached hydrogens (primary N) is 1. The van der Waals surface area contributed by atoms with Crippen molar-refractivity contribution in [3.05, 3.63) is 59.3 Å². The Morgan fingerprint density at radius 2 is 1.90 bits per heavy atom. The Bertz CT molecular complexity index is 1470. The lowest BCUT2D eigenvalue weighted by atomic mass is 10.0. The lowest BCUT2D eigenvalue weighted by Gasteiger charge is -2.34. The number of aromatic nitrogens is 4. The number of carboxylic acids is 1. The summed E-state index contributed by atoms with van der Waals surface area (Å²) in [6, 6.07) is 4.55. The number of nitrogens with one attached hydrogen (secondary N) is 1. The molecule has 1 atom stereocenters. The van der Waals surface area contributed by atoms with Crippen LogP contribution in [0.1, 0.15) is 39.9 Å². The van der Waals surface area contributed by atoms with Gasteiger partial charge in [0.2, 0.25) is 0 Å². The van der Waals surface area contributed by atoms with E-state index in [2.05, 4.69) is 25.3 Å². The number of carboxylic acid groups (broad SMARTS) is 1. The van der Waals surface area contributed by atoms with E-state index in [9.17, 15) is 28.2 Å². The van der Waals surface area contributed by atoms with Crippen LogP contribution in [0.15, 0.2) is 43.1 Å². The minimum absolute atomic E-state index is 0.0402. The minimum atomic E-state index is -4.72. The van der Waals surface area contributed by atoms with Gasteiger partial charge in [0.15, 0.2) is 0 Å². The molecule has 1 fully saturated rings. The van der Waals surface area contributed by atoms with Crippen LogP contribution in [-0.4, -0.2) is 61.8 Å². The fourth-order valence-corrected chi connectivity index (χ4v) is 5.52. The normalized spacial score (nSPS) is 15.5. The first-order valence-corrected chi connectivity index (χ1v) is 12.8. The smallest absolute Gasteiger partial charge is 0.417 e. The SMILES string of the molecule is Nc1c(C(=O)O)sc2nc(N3CCC(NCC(O)c4ccc(-c5cncnc5)cn4)CC3)cc(C(F)(F)F)c12. The molecule has 1 aliphatic rings. The second-order valence-corrected chi connectivity index (χ2v) is 10.1. The lowest BCUT2D eigenvalue weighted by molar-refractivity contribution is -0.136. The van der Waals surface area contributed by atoms with Crippen molar-refractivity contribution in [3.8, 4) is 11.1 Å². The van der Waals surface area contributed by atoms with Crippen LogP contribution in [0.2, 0.25) is 0 Å². The van der Waals surface area contributed by atoms with Gasteiger partial charge in [0.25, 0.3) is 0 Å². The van der Waals surface area contributed by atoms with Gasteiger partial charge in [-0.15, -0.1) is 11.3 Å². The zero-order valence-electron chi connectivity index (χ0n) is 20.4. The summed E-state index contributed by atoms with van der Waals surface area (Å²) in [4.78, 5) is 29.4. The zero-order valence-corrected chi connectivity index (χ0v) is 21.2. The molecule has 0 aliphatic carbocycles. The largest absolute Gasteiger partial charge is 0.477 e. The Morgan fingerprint density at radius 3 is 2.51 bits per heavy atom. The number of pyridine rings is 2. The Labute approximate surface area is 224 Å². The van der Waals surface area contributed by atoms with Crippen LogP contribution in [0.4, 0.5) is 24.7 Å². The highest BCUT2D eigenvalue weighted by atomic mass is 32.1. The fraction of sp³-hybridized carbons (Fsp3) is 0.320. The van der Waals surface area contributed by atoms with Gasteiger partial charge >= 0.3 is 12.1 Å². The average Bonchev–Trinajstić information content (AvgIpc) is 3.28. The summed E-state index contributed by atoms with van der Waals surface area (Å²) in [7, 11) is 0. The van der Waals surface area contributed by atoms with Crippen LogP contribution >= 0.6 is 11.3 Å². The van der Waals surface area contributed by atoms with E-state index in [-0.39, 0.29) is 33.5 Å². The maximum atomic E-state index is 13.9. The number of nitrogen functional groups attached to an aromatic ring is 1. The zero-order chi connectivity index (χ0) is 27.7. The van der Waals surface area contributed by atoms with Gasteiger partial charge in [-0.25, -0.2) is 19.7 Å². The molecule has 1 unspecified atom stereocenters. The maximum absolute atomic E-state index is 13.9. The van der Waals surface area contributed by atoms with Crippen molar-refractivity contribution in [2.45, 2.75) is 31.2 Å². The van der Waals surface area contributed by atoms with E-state index in [0.29, 0.717) is 43.0 Å². The third-order valence-corrected chi connectivity index (χ3v) is 7.71. The third kappa shape index (κ3) is 5.62. The van der Waals surface area contributed by atoms with Gasteiger partial charge in [-0.1, -0.05) is 6.07 Å². The maximum Gasteiger partial charge on any atom is 0.417 e. The number of alkyl halides is 3. The predicted octanol–water partition coefficient (Wildman–Crippen LogP) is 3.74. The molecule has 1 aliphatic heterocycles. The molecule has 14 heteroatoms. The van der Waals surface area contributed by atoms with Crippen LogP contribution in [0.5, 0.6) is 0 Å². The molecular weight excluding hydrogens is 535 g/mol. The topological polar surface area (TPSA) is 150 Å². The van der Waals surface area contributed by atoms with Crippen molar-refractivity contribution in [2.24, 2.45) is 0 Å². The highest BCUT2D eigenvalue weighted by Crippen LogP contribution is 2.43. The Morgan fingerprint density at radius 1 is 1.18 bits per heavy atom. The van der Waals surface area contributed by atoms with Crippen molar-refractivity contribution in [3.63, 3.8) is 0 Å². The molecule has 10 nitrogen and oxygen atoms in total. The molecule has 0 radical (unpaired) electrons. The molecule has 204 valence electrons. The molecule has 0 aromatic carbocycles. The first-order chi connectivity index (χ1) is 18.6. The molecule has 0 amide bonds. The summed E-state index contributed by atoms with van der Waals surface area (Å²) in [5.74, 6) is -1.27. The minimum Gasteiger partial charge on any atom is -0.477 e. The van der Waals surface area contributed by atoms with Crippen molar-refractivity contribution in [1.82, 2.24) is 25.3 Å². The summed E-state index contributed by atoms with van der Waals surface area (Å²) in [6.45, 7) is 1.13. The van der Waals surface area contributed by atoms with Crippen LogP contribution in [-0.2, 0) is 6.18 Å². The predicted molar refractivity (Wildman–Crippen MR) is 139 cm³/mol. The first-order valence-electron chi connectivity index (χ1n) is 12.0. The van der Waals surface area contributed by atoms with E-state index in [1.54, 1.807) is 29.6 Å². The number of piperidine rings is 1. The highest BCUT2D eigenvalue weighted by molar-refractivity contribution is 7.21. The van der Waals surface area contributed by atoms with E-state index in [1.807, 2.05) is 6.07 Å². The van der Waals surface area contributed by atoms with E-state index < -0.39 is 29.5 Å². The number of halogens is 3. The van der Waals surface area contributed by atoms with Gasteiger partial charge < -0.3 is 26.2 Å². The molecule has 5 rings (SSSR count). The Kier molecular flexibility index (Phi) is 7.34. The standard InChI is InChI=1S/C25H24F3N7O3S/c26-25(27,28)16-7-19(34-23-20(16)21(29)22(39-23)24(37)38)35-5-3-15(4-6-35)32-11-18(36)17-2-1-13(10-33-17)14-8-30-12-31-9-14/h1-2,7-10,12,15,18,32,36H,3-6,11,29H2,(H,37,38). The second-order valence-electron chi connectivity index (χ2n) is 9.14. The van der Waals surface area contributed by atoms with Gasteiger partial charge in [0, 0.05) is 60.8 Å². The number of rotatable bonds is 7. The van der Waals surface area contributed by atoms with Crippen LogP contribution in [0.25, 0.3) is 21.3 Å². The average molecular weight is 560 g/mol. The van der Waals surface area contributed by atoms with Crippen molar-refractivity contribution in [2.75, 3.05) is 30.3 Å². The summed E-state index contributed by atoms with van der Waals surface area (Å²) in [5, 5.41) is 22.8. The van der Waals surface area contributed by atoms with E-state index in [1.165, 1.54) is 6.33 Å². The number of hydrogen-bond donors (Lipinski definition) is 4. The number of thiophene rings is 1. The molecule has 4 aromatic rings. The number of carbonyl (C=O) groups is 1. The summed E-state index contributed by atoms with van der Waals surface area (Å²) < 4.78 is 41.6. The van der Waals surface area contributed by atoms with Gasteiger partial charge in [-0.2, -0.15) is 13.2 Å². The van der Waals surface area contributed by atoms with Gasteiger partial charge in [0.05, 0.1) is 16.9 Å². The second kappa shape index (κ2) is 10.7. The quantitative estimate of drug-likeness (QED) is 0.264. The van der Waals surface area contributed by atoms with Crippen molar-refractivity contribution < 1.29 is 28.2 Å². The number of aliphatic hydroxyl groups excluding tert-OH is 1. The fourth-order valence-electron chi connectivity index (χ4n) is 4.57. The number of fused-ring (bicyclic) bond motifs is 1. The van der Waals surface area contributed by atoms with Crippen LogP contribution < -0.4 is 16.0 Å². The molecule has 1 saturated heterocycles. The number of aromatic carboxylic acids is 1. The lowest BCUT2D eigenvalue weighted by Crippen LogP contribution is -2.44. The van der Waals surface area contributed by atoms with E-state index in [4.69, 9.17) is 5.73 Å². The van der Waals surface area contributed by atoms with Crippen LogP contribution in [0, 0.1) is 0 Å². The van der Waals surface area contributed by atoms with Gasteiger partial charge in [-0.05, 0) is 25.0 Å². The summed E-state index contributed by atoms with van der Waals surface area (Å²) in [5.41, 5.74) is 6.49. The number of anilines is 2. The van der Waals surface area contributed by atoms with Crippen molar-refractivity contribution >= 4 is 39.0 Å². The van der Waals surface area contributed by atoms with Gasteiger partial charge in [-0.3, -0.25) is 4.98 Å². The van der Waals surface area contributed by atoms with E-state index in [0.717, 1.165) is 17.2 Å². The highest BCUT2D eigenvalue weighted by Gasteiger charge is 2.37. The van der Waals surface area contributed by atoms with Crippen molar-refractivity contribution in [1.29, 1.82) is 0 Å². The molecular formula is C25H24F3N7O3S. The summed E-state index contributed by atoms with van der Waals surface area (Å²) in [6.07, 6.45) is 2.10. The number of aliphatic hydroxyl groups is 1. The third-order valence-electron chi connectivity index (χ3n) is 6.63. The molecule has 39 heavy (non-hydrogen) atoms. The molecule has 0 spiro atoms. The first kappa shape index (κ1) is 26.7. The molecule has 4 aromatic heterocycles. The molecule has 5 N–H and O–H groups in total. The van der Waals surface area contributed by atoms with Crippen LogP contribution in [0.3, 0.4) is 0 Å². The molecule has 5 heterocycles. The number of nitrogens with zero attached hydrogens (tertiary/aromatic N) is 5. The summed E-state index contributed by atoms with van der Waals surface area (Å²) >= 11 is 0.635.